The van der Waals surface area contributed by atoms with Crippen LogP contribution in [0.15, 0.2) is 127 Å². The third-order valence-corrected chi connectivity index (χ3v) is 5.93. The zero-order chi connectivity index (χ0) is 22.7. The van der Waals surface area contributed by atoms with Crippen molar-refractivity contribution in [1.29, 1.82) is 0 Å². The van der Waals surface area contributed by atoms with E-state index in [1.807, 2.05) is 66.7 Å². The third kappa shape index (κ3) is 3.74. The van der Waals surface area contributed by atoms with Crippen LogP contribution in [0.5, 0.6) is 0 Å². The maximum atomic E-state index is 4.96. The van der Waals surface area contributed by atoms with Gasteiger partial charge >= 0.3 is 0 Å². The van der Waals surface area contributed by atoms with E-state index in [2.05, 4.69) is 60.7 Å². The van der Waals surface area contributed by atoms with E-state index in [-0.39, 0.29) is 0 Å². The molecule has 0 N–H and O–H groups in total. The van der Waals surface area contributed by atoms with E-state index in [1.165, 1.54) is 5.56 Å². The van der Waals surface area contributed by atoms with Crippen molar-refractivity contribution in [3.63, 3.8) is 0 Å². The highest BCUT2D eigenvalue weighted by atomic mass is 15.0. The summed E-state index contributed by atoms with van der Waals surface area (Å²) in [5, 5.41) is 2.29. The summed E-state index contributed by atoms with van der Waals surface area (Å²) in [5.41, 5.74) is 5.25. The summed E-state index contributed by atoms with van der Waals surface area (Å²) < 4.78 is 0. The minimum Gasteiger partial charge on any atom is -0.208 e. The van der Waals surface area contributed by atoms with Crippen LogP contribution in [0.3, 0.4) is 0 Å². The van der Waals surface area contributed by atoms with Crippen LogP contribution in [0.2, 0.25) is 0 Å². The Morgan fingerprint density at radius 3 is 1.29 bits per heavy atom. The number of hydrogen-bond donors (Lipinski definition) is 0. The predicted molar refractivity (Wildman–Crippen MR) is 139 cm³/mol. The smallest absolute Gasteiger partial charge is 0.164 e. The van der Waals surface area contributed by atoms with E-state index in [9.17, 15) is 0 Å². The Kier molecular flexibility index (Phi) is 5.13. The number of aromatic nitrogens is 3. The van der Waals surface area contributed by atoms with Crippen molar-refractivity contribution in [3.8, 4) is 45.3 Å². The Morgan fingerprint density at radius 2 is 0.765 bits per heavy atom. The molecule has 0 aliphatic carbocycles. The lowest BCUT2D eigenvalue weighted by molar-refractivity contribution is 1.08. The molecule has 34 heavy (non-hydrogen) atoms. The first-order valence-electron chi connectivity index (χ1n) is 11.3. The van der Waals surface area contributed by atoms with Crippen molar-refractivity contribution in [3.05, 3.63) is 127 Å². The van der Waals surface area contributed by atoms with Crippen LogP contribution in [-0.4, -0.2) is 15.0 Å². The van der Waals surface area contributed by atoms with Crippen molar-refractivity contribution in [2.75, 3.05) is 0 Å². The predicted octanol–water partition coefficient (Wildman–Crippen LogP) is 7.69. The topological polar surface area (TPSA) is 38.7 Å². The molecule has 6 rings (SSSR count). The van der Waals surface area contributed by atoms with Crippen LogP contribution < -0.4 is 0 Å². The summed E-state index contributed by atoms with van der Waals surface area (Å²) in [7, 11) is 0. The van der Waals surface area contributed by atoms with Gasteiger partial charge in [0.25, 0.3) is 0 Å². The van der Waals surface area contributed by atoms with E-state index < -0.39 is 0 Å². The Bertz CT molecular complexity index is 1510. The summed E-state index contributed by atoms with van der Waals surface area (Å²) in [4.78, 5) is 14.8. The molecule has 0 saturated carbocycles. The van der Waals surface area contributed by atoms with Crippen LogP contribution in [-0.2, 0) is 0 Å². The highest BCUT2D eigenvalue weighted by molar-refractivity contribution is 6.05. The molecule has 0 atom stereocenters. The fraction of sp³-hybridized carbons (Fsp3) is 0. The Morgan fingerprint density at radius 1 is 0.324 bits per heavy atom. The van der Waals surface area contributed by atoms with E-state index in [0.29, 0.717) is 17.5 Å². The zero-order valence-electron chi connectivity index (χ0n) is 18.5. The van der Waals surface area contributed by atoms with Gasteiger partial charge in [0.2, 0.25) is 0 Å². The molecule has 0 radical (unpaired) electrons. The quantitative estimate of drug-likeness (QED) is 0.285. The lowest BCUT2D eigenvalue weighted by Gasteiger charge is -2.13. The minimum atomic E-state index is 0.665. The highest BCUT2D eigenvalue weighted by Crippen LogP contribution is 2.36. The van der Waals surface area contributed by atoms with Gasteiger partial charge in [-0.2, -0.15) is 0 Å². The van der Waals surface area contributed by atoms with Crippen LogP contribution in [0.25, 0.3) is 56.1 Å². The molecule has 5 aromatic carbocycles. The van der Waals surface area contributed by atoms with Gasteiger partial charge in [-0.05, 0) is 16.5 Å². The molecular formula is C31H21N3. The molecule has 160 valence electrons. The van der Waals surface area contributed by atoms with Gasteiger partial charge in [0.05, 0.1) is 0 Å². The zero-order valence-corrected chi connectivity index (χ0v) is 18.5. The monoisotopic (exact) mass is 435 g/mol. The van der Waals surface area contributed by atoms with Crippen molar-refractivity contribution in [1.82, 2.24) is 15.0 Å². The molecule has 0 amide bonds. The summed E-state index contributed by atoms with van der Waals surface area (Å²) in [6.07, 6.45) is 0. The number of rotatable bonds is 4. The first-order chi connectivity index (χ1) is 16.9. The fourth-order valence-corrected chi connectivity index (χ4v) is 4.31. The van der Waals surface area contributed by atoms with Crippen molar-refractivity contribution >= 4 is 10.8 Å². The van der Waals surface area contributed by atoms with Gasteiger partial charge in [0, 0.05) is 22.1 Å². The molecular weight excluding hydrogens is 414 g/mol. The molecule has 1 heterocycles. The lowest BCUT2D eigenvalue weighted by Crippen LogP contribution is -2.00. The Hall–Kier alpha value is -4.63. The lowest BCUT2D eigenvalue weighted by atomic mass is 9.94. The highest BCUT2D eigenvalue weighted by Gasteiger charge is 2.16. The molecule has 3 nitrogen and oxygen atoms in total. The van der Waals surface area contributed by atoms with E-state index in [1.54, 1.807) is 0 Å². The third-order valence-electron chi connectivity index (χ3n) is 5.93. The van der Waals surface area contributed by atoms with Crippen molar-refractivity contribution < 1.29 is 0 Å². The molecule has 6 aromatic rings. The molecule has 0 saturated heterocycles. The van der Waals surface area contributed by atoms with Gasteiger partial charge in [-0.3, -0.25) is 0 Å². The molecule has 0 unspecified atom stereocenters. The number of nitrogens with zero attached hydrogens (tertiary/aromatic N) is 3. The molecule has 0 aliphatic heterocycles. The number of hydrogen-bond acceptors (Lipinski definition) is 3. The normalized spacial score (nSPS) is 10.9. The van der Waals surface area contributed by atoms with E-state index >= 15 is 0 Å². The second-order valence-electron chi connectivity index (χ2n) is 8.11. The van der Waals surface area contributed by atoms with Crippen molar-refractivity contribution in [2.24, 2.45) is 0 Å². The number of benzene rings is 5. The molecule has 0 aliphatic rings. The van der Waals surface area contributed by atoms with Gasteiger partial charge in [-0.25, -0.2) is 15.0 Å². The first-order valence-corrected chi connectivity index (χ1v) is 11.3. The molecule has 1 aromatic heterocycles. The molecule has 3 heteroatoms. The SMILES string of the molecule is c1ccc(-c2nc(-c3ccccc3)nc(-c3cccc4cccc(-c5ccccc5)c34)n2)cc1. The maximum absolute atomic E-state index is 4.96. The standard InChI is InChI=1S/C31H21N3/c1-4-12-22(13-5-1)26-20-10-18-23-19-11-21-27(28(23)26)31-33-29(24-14-6-2-7-15-24)32-30(34-31)25-16-8-3-9-17-25/h1-21H. The maximum Gasteiger partial charge on any atom is 0.164 e. The van der Waals surface area contributed by atoms with E-state index in [4.69, 9.17) is 15.0 Å². The minimum absolute atomic E-state index is 0.665. The molecule has 0 spiro atoms. The molecule has 0 bridgehead atoms. The van der Waals surface area contributed by atoms with E-state index in [0.717, 1.165) is 33.0 Å². The summed E-state index contributed by atoms with van der Waals surface area (Å²) in [5.74, 6) is 2.00. The van der Waals surface area contributed by atoms with Gasteiger partial charge in [-0.1, -0.05) is 127 Å². The summed E-state index contributed by atoms with van der Waals surface area (Å²) in [6, 6.07) is 43.4. The van der Waals surface area contributed by atoms with Crippen LogP contribution >= 0.6 is 0 Å². The Labute approximate surface area is 198 Å². The van der Waals surface area contributed by atoms with Crippen LogP contribution in [0.1, 0.15) is 0 Å². The van der Waals surface area contributed by atoms with Gasteiger partial charge in [0.1, 0.15) is 0 Å². The van der Waals surface area contributed by atoms with Crippen LogP contribution in [0.4, 0.5) is 0 Å². The molecule has 0 fully saturated rings. The average molecular weight is 436 g/mol. The van der Waals surface area contributed by atoms with Crippen LogP contribution in [0, 0.1) is 0 Å². The second kappa shape index (κ2) is 8.72. The van der Waals surface area contributed by atoms with Crippen molar-refractivity contribution in [2.45, 2.75) is 0 Å². The Balaban J connectivity index is 1.64. The van der Waals surface area contributed by atoms with Gasteiger partial charge < -0.3 is 0 Å². The summed E-state index contributed by atoms with van der Waals surface area (Å²) >= 11 is 0. The van der Waals surface area contributed by atoms with Gasteiger partial charge in [-0.15, -0.1) is 0 Å². The first kappa shape index (κ1) is 20.0. The second-order valence-corrected chi connectivity index (χ2v) is 8.11. The average Bonchev–Trinajstić information content (AvgIpc) is 2.93. The largest absolute Gasteiger partial charge is 0.208 e. The number of fused-ring (bicyclic) bond motifs is 1. The fourth-order valence-electron chi connectivity index (χ4n) is 4.31. The summed E-state index contributed by atoms with van der Waals surface area (Å²) in [6.45, 7) is 0. The van der Waals surface area contributed by atoms with Gasteiger partial charge in [0.15, 0.2) is 17.5 Å².